The summed E-state index contributed by atoms with van der Waals surface area (Å²) in [7, 11) is -1.93. The van der Waals surface area contributed by atoms with Crippen LogP contribution in [0.4, 0.5) is 0 Å². The molecule has 1 rings (SSSR count). The second kappa shape index (κ2) is 7.24. The Labute approximate surface area is 120 Å². The minimum atomic E-state index is -3.49. The highest BCUT2D eigenvalue weighted by molar-refractivity contribution is 7.89. The molecule has 0 aromatic heterocycles. The predicted molar refractivity (Wildman–Crippen MR) is 76.9 cm³/mol. The number of rotatable bonds is 7. The third-order valence-corrected chi connectivity index (χ3v) is 5.17. The predicted octanol–water partition coefficient (Wildman–Crippen LogP) is 2.47. The van der Waals surface area contributed by atoms with E-state index in [1.807, 2.05) is 13.8 Å². The number of halogens is 1. The molecule has 0 fully saturated rings. The SMILES string of the molecule is COCCN(C(C)C)S(=O)(=O)c1ccc(CCl)cc1. The van der Waals surface area contributed by atoms with Gasteiger partial charge in [-0.15, -0.1) is 11.6 Å². The number of hydrogen-bond acceptors (Lipinski definition) is 3. The number of hydrogen-bond donors (Lipinski definition) is 0. The molecule has 0 N–H and O–H groups in total. The topological polar surface area (TPSA) is 46.6 Å². The van der Waals surface area contributed by atoms with Gasteiger partial charge in [0.1, 0.15) is 0 Å². The summed E-state index contributed by atoms with van der Waals surface area (Å²) in [6, 6.07) is 6.53. The molecule has 1 aromatic rings. The summed E-state index contributed by atoms with van der Waals surface area (Å²) in [5.41, 5.74) is 0.897. The Kier molecular flexibility index (Phi) is 6.26. The summed E-state index contributed by atoms with van der Waals surface area (Å²) < 4.78 is 31.4. The van der Waals surface area contributed by atoms with Gasteiger partial charge in [-0.1, -0.05) is 12.1 Å². The maximum atomic E-state index is 12.5. The smallest absolute Gasteiger partial charge is 0.243 e. The highest BCUT2D eigenvalue weighted by Gasteiger charge is 2.26. The van der Waals surface area contributed by atoms with Crippen molar-refractivity contribution in [2.75, 3.05) is 20.3 Å². The molecule has 0 atom stereocenters. The van der Waals surface area contributed by atoms with E-state index in [9.17, 15) is 8.42 Å². The molecule has 0 aliphatic heterocycles. The van der Waals surface area contributed by atoms with Crippen LogP contribution < -0.4 is 0 Å². The van der Waals surface area contributed by atoms with Gasteiger partial charge in [-0.2, -0.15) is 4.31 Å². The molecule has 19 heavy (non-hydrogen) atoms. The van der Waals surface area contributed by atoms with Crippen LogP contribution in [0.3, 0.4) is 0 Å². The van der Waals surface area contributed by atoms with Crippen LogP contribution in [-0.4, -0.2) is 39.0 Å². The van der Waals surface area contributed by atoms with Crippen molar-refractivity contribution in [2.45, 2.75) is 30.7 Å². The molecule has 0 saturated carbocycles. The number of sulfonamides is 1. The number of benzene rings is 1. The summed E-state index contributed by atoms with van der Waals surface area (Å²) in [5.74, 6) is 0.373. The maximum absolute atomic E-state index is 12.5. The molecule has 0 bridgehead atoms. The zero-order chi connectivity index (χ0) is 14.5. The summed E-state index contributed by atoms with van der Waals surface area (Å²) in [6.07, 6.45) is 0. The van der Waals surface area contributed by atoms with Gasteiger partial charge in [0.05, 0.1) is 11.5 Å². The molecule has 4 nitrogen and oxygen atoms in total. The highest BCUT2D eigenvalue weighted by atomic mass is 35.5. The van der Waals surface area contributed by atoms with Gasteiger partial charge in [0.2, 0.25) is 10.0 Å². The second-order valence-corrected chi connectivity index (χ2v) is 6.64. The van der Waals surface area contributed by atoms with Gasteiger partial charge < -0.3 is 4.74 Å². The molecule has 0 unspecified atom stereocenters. The first kappa shape index (κ1) is 16.4. The number of ether oxygens (including phenoxy) is 1. The van der Waals surface area contributed by atoms with Crippen LogP contribution in [0.2, 0.25) is 0 Å². The van der Waals surface area contributed by atoms with Crippen LogP contribution in [0, 0.1) is 0 Å². The fourth-order valence-corrected chi connectivity index (χ4v) is 3.52. The van der Waals surface area contributed by atoms with E-state index < -0.39 is 10.0 Å². The van der Waals surface area contributed by atoms with E-state index in [0.717, 1.165) is 5.56 Å². The largest absolute Gasteiger partial charge is 0.383 e. The molecule has 0 heterocycles. The Balaban J connectivity index is 3.04. The van der Waals surface area contributed by atoms with Crippen molar-refractivity contribution in [3.05, 3.63) is 29.8 Å². The van der Waals surface area contributed by atoms with E-state index in [4.69, 9.17) is 16.3 Å². The molecule has 0 spiro atoms. The molecule has 0 aliphatic carbocycles. The second-order valence-electron chi connectivity index (χ2n) is 4.48. The van der Waals surface area contributed by atoms with Crippen molar-refractivity contribution in [2.24, 2.45) is 0 Å². The molecule has 0 aliphatic rings. The lowest BCUT2D eigenvalue weighted by molar-refractivity contribution is 0.171. The van der Waals surface area contributed by atoms with Crippen molar-refractivity contribution in [3.63, 3.8) is 0 Å². The fraction of sp³-hybridized carbons (Fsp3) is 0.538. The molecule has 108 valence electrons. The molecular formula is C13H20ClNO3S. The Morgan fingerprint density at radius 1 is 1.26 bits per heavy atom. The van der Waals surface area contributed by atoms with Crippen LogP contribution in [-0.2, 0) is 20.6 Å². The van der Waals surface area contributed by atoms with Crippen molar-refractivity contribution < 1.29 is 13.2 Å². The van der Waals surface area contributed by atoms with Crippen molar-refractivity contribution in [1.82, 2.24) is 4.31 Å². The van der Waals surface area contributed by atoms with Gasteiger partial charge in [-0.05, 0) is 31.5 Å². The normalized spacial score (nSPS) is 12.3. The average Bonchev–Trinajstić information content (AvgIpc) is 2.38. The van der Waals surface area contributed by atoms with Crippen LogP contribution in [0.25, 0.3) is 0 Å². The van der Waals surface area contributed by atoms with Crippen molar-refractivity contribution >= 4 is 21.6 Å². The molecule has 1 aromatic carbocycles. The Bertz CT molecular complexity index is 485. The zero-order valence-corrected chi connectivity index (χ0v) is 13.0. The van der Waals surface area contributed by atoms with E-state index >= 15 is 0 Å². The maximum Gasteiger partial charge on any atom is 0.243 e. The average molecular weight is 306 g/mol. The van der Waals surface area contributed by atoms with E-state index in [1.54, 1.807) is 31.4 Å². The lowest BCUT2D eigenvalue weighted by atomic mass is 10.2. The summed E-state index contributed by atoms with van der Waals surface area (Å²) in [4.78, 5) is 0.283. The van der Waals surface area contributed by atoms with Gasteiger partial charge in [0.25, 0.3) is 0 Å². The van der Waals surface area contributed by atoms with Crippen LogP contribution in [0.1, 0.15) is 19.4 Å². The van der Waals surface area contributed by atoms with Gasteiger partial charge in [-0.3, -0.25) is 0 Å². The number of nitrogens with zero attached hydrogens (tertiary/aromatic N) is 1. The summed E-state index contributed by atoms with van der Waals surface area (Å²) >= 11 is 5.70. The van der Waals surface area contributed by atoms with Gasteiger partial charge >= 0.3 is 0 Å². The van der Waals surface area contributed by atoms with E-state index in [0.29, 0.717) is 19.0 Å². The van der Waals surface area contributed by atoms with E-state index in [-0.39, 0.29) is 10.9 Å². The monoisotopic (exact) mass is 305 g/mol. The van der Waals surface area contributed by atoms with Gasteiger partial charge in [0, 0.05) is 25.6 Å². The Morgan fingerprint density at radius 3 is 2.26 bits per heavy atom. The fourth-order valence-electron chi connectivity index (χ4n) is 1.72. The number of alkyl halides is 1. The molecule has 0 amide bonds. The first-order valence-corrected chi connectivity index (χ1v) is 8.06. The first-order chi connectivity index (χ1) is 8.93. The van der Waals surface area contributed by atoms with Gasteiger partial charge in [0.15, 0.2) is 0 Å². The van der Waals surface area contributed by atoms with Crippen molar-refractivity contribution in [1.29, 1.82) is 0 Å². The van der Waals surface area contributed by atoms with E-state index in [2.05, 4.69) is 0 Å². The third-order valence-electron chi connectivity index (χ3n) is 2.78. The standard InChI is InChI=1S/C13H20ClNO3S/c1-11(2)15(8-9-18-3)19(16,17)13-6-4-12(10-14)5-7-13/h4-7,11H,8-10H2,1-3H3. The number of methoxy groups -OCH3 is 1. The minimum Gasteiger partial charge on any atom is -0.383 e. The minimum absolute atomic E-state index is 0.118. The lowest BCUT2D eigenvalue weighted by Gasteiger charge is -2.25. The lowest BCUT2D eigenvalue weighted by Crippen LogP contribution is -2.39. The summed E-state index contributed by atoms with van der Waals surface area (Å²) in [5, 5.41) is 0. The van der Waals surface area contributed by atoms with E-state index in [1.165, 1.54) is 4.31 Å². The summed E-state index contributed by atoms with van der Waals surface area (Å²) in [6.45, 7) is 4.41. The van der Waals surface area contributed by atoms with Crippen molar-refractivity contribution in [3.8, 4) is 0 Å². The Hall–Kier alpha value is -0.620. The van der Waals surface area contributed by atoms with Crippen LogP contribution in [0.15, 0.2) is 29.2 Å². The van der Waals surface area contributed by atoms with Crippen LogP contribution >= 0.6 is 11.6 Å². The molecule has 6 heteroatoms. The molecule has 0 radical (unpaired) electrons. The third kappa shape index (κ3) is 4.18. The first-order valence-electron chi connectivity index (χ1n) is 6.09. The molecular weight excluding hydrogens is 286 g/mol. The van der Waals surface area contributed by atoms with Crippen LogP contribution in [0.5, 0.6) is 0 Å². The zero-order valence-electron chi connectivity index (χ0n) is 11.5. The Morgan fingerprint density at radius 2 is 1.84 bits per heavy atom. The molecule has 0 saturated heterocycles. The van der Waals surface area contributed by atoms with Gasteiger partial charge in [-0.25, -0.2) is 8.42 Å². The highest BCUT2D eigenvalue weighted by Crippen LogP contribution is 2.19. The quantitative estimate of drug-likeness (QED) is 0.727.